The maximum absolute atomic E-state index is 6.22. The quantitative estimate of drug-likeness (QED) is 0.851. The van der Waals surface area contributed by atoms with Gasteiger partial charge in [-0.2, -0.15) is 4.98 Å². The molecule has 3 unspecified atom stereocenters. The normalized spacial score (nSPS) is 38.3. The van der Waals surface area contributed by atoms with E-state index in [0.717, 1.165) is 30.5 Å². The molecule has 1 aromatic heterocycles. The van der Waals surface area contributed by atoms with Gasteiger partial charge in [-0.15, -0.1) is 0 Å². The molecule has 0 radical (unpaired) electrons. The maximum Gasteiger partial charge on any atom is 0.246 e. The molecule has 1 aromatic rings. The predicted octanol–water partition coefficient (Wildman–Crippen LogP) is 2.31. The molecular weight excluding hydrogens is 214 g/mol. The fraction of sp³-hybridized carbons (Fsp3) is 0.846. The lowest BCUT2D eigenvalue weighted by molar-refractivity contribution is 0.181. The number of aromatic nitrogens is 2. The molecule has 3 atom stereocenters. The summed E-state index contributed by atoms with van der Waals surface area (Å²) in [6.07, 6.45) is 8.57. The molecule has 2 N–H and O–H groups in total. The van der Waals surface area contributed by atoms with E-state index >= 15 is 0 Å². The number of hydrogen-bond donors (Lipinski definition) is 1. The number of hydrogen-bond acceptors (Lipinski definition) is 4. The average Bonchev–Trinajstić information content (AvgIpc) is 3.00. The van der Waals surface area contributed by atoms with Gasteiger partial charge in [0.15, 0.2) is 5.82 Å². The Labute approximate surface area is 101 Å². The third-order valence-corrected chi connectivity index (χ3v) is 5.18. The van der Waals surface area contributed by atoms with E-state index in [1.54, 1.807) is 0 Å². The van der Waals surface area contributed by atoms with Gasteiger partial charge in [0.1, 0.15) is 0 Å². The molecule has 92 valence electrons. The molecular formula is C13H19N3O. The van der Waals surface area contributed by atoms with Gasteiger partial charge in [0.05, 0.1) is 5.54 Å². The van der Waals surface area contributed by atoms with Crippen molar-refractivity contribution in [2.45, 2.75) is 56.4 Å². The second-order valence-electron chi connectivity index (χ2n) is 6.25. The van der Waals surface area contributed by atoms with Crippen molar-refractivity contribution in [1.29, 1.82) is 0 Å². The van der Waals surface area contributed by atoms with Crippen LogP contribution in [0.3, 0.4) is 0 Å². The Balaban J connectivity index is 1.59. The summed E-state index contributed by atoms with van der Waals surface area (Å²) < 4.78 is 5.41. The first-order valence-electron chi connectivity index (χ1n) is 6.87. The van der Waals surface area contributed by atoms with Crippen LogP contribution in [-0.4, -0.2) is 10.1 Å². The number of fused-ring (bicyclic) bond motifs is 2. The van der Waals surface area contributed by atoms with Gasteiger partial charge in [-0.3, -0.25) is 0 Å². The fourth-order valence-electron chi connectivity index (χ4n) is 3.92. The first-order valence-corrected chi connectivity index (χ1v) is 6.87. The van der Waals surface area contributed by atoms with Crippen LogP contribution in [0.5, 0.6) is 0 Å². The van der Waals surface area contributed by atoms with Crippen molar-refractivity contribution in [3.05, 3.63) is 11.7 Å². The van der Waals surface area contributed by atoms with Gasteiger partial charge in [-0.05, 0) is 50.4 Å². The summed E-state index contributed by atoms with van der Waals surface area (Å²) in [6.45, 7) is 0. The van der Waals surface area contributed by atoms with Crippen molar-refractivity contribution in [1.82, 2.24) is 10.1 Å². The Hall–Kier alpha value is -0.900. The zero-order chi connectivity index (χ0) is 11.5. The Kier molecular flexibility index (Phi) is 1.96. The van der Waals surface area contributed by atoms with Crippen molar-refractivity contribution in [3.8, 4) is 0 Å². The van der Waals surface area contributed by atoms with Crippen LogP contribution in [0.4, 0.5) is 0 Å². The summed E-state index contributed by atoms with van der Waals surface area (Å²) in [5.41, 5.74) is 5.91. The second kappa shape index (κ2) is 3.31. The van der Waals surface area contributed by atoms with Crippen LogP contribution in [0.15, 0.2) is 4.52 Å². The van der Waals surface area contributed by atoms with Gasteiger partial charge in [0.25, 0.3) is 0 Å². The van der Waals surface area contributed by atoms with E-state index in [4.69, 9.17) is 10.3 Å². The first kappa shape index (κ1) is 10.1. The highest BCUT2D eigenvalue weighted by molar-refractivity contribution is 5.11. The minimum atomic E-state index is -0.303. The molecule has 1 heterocycles. The Morgan fingerprint density at radius 1 is 1.24 bits per heavy atom. The highest BCUT2D eigenvalue weighted by atomic mass is 16.5. The second-order valence-corrected chi connectivity index (χ2v) is 6.25. The summed E-state index contributed by atoms with van der Waals surface area (Å²) in [6, 6.07) is 0. The largest absolute Gasteiger partial charge is 0.337 e. The van der Waals surface area contributed by atoms with Gasteiger partial charge in [0, 0.05) is 5.92 Å². The van der Waals surface area contributed by atoms with E-state index in [1.807, 2.05) is 0 Å². The number of nitrogens with two attached hydrogens (primary N) is 1. The monoisotopic (exact) mass is 233 g/mol. The zero-order valence-electron chi connectivity index (χ0n) is 10.1. The van der Waals surface area contributed by atoms with Crippen LogP contribution < -0.4 is 5.73 Å². The van der Waals surface area contributed by atoms with Crippen molar-refractivity contribution in [3.63, 3.8) is 0 Å². The molecule has 17 heavy (non-hydrogen) atoms. The number of rotatable bonds is 2. The van der Waals surface area contributed by atoms with Crippen LogP contribution in [0.2, 0.25) is 0 Å². The minimum absolute atomic E-state index is 0.303. The summed E-state index contributed by atoms with van der Waals surface area (Å²) in [7, 11) is 0. The van der Waals surface area contributed by atoms with Crippen molar-refractivity contribution < 1.29 is 4.52 Å². The SMILES string of the molecule is NC1(c2nc(C3CC4CCC3C4)no2)CCC1. The minimum Gasteiger partial charge on any atom is -0.337 e. The van der Waals surface area contributed by atoms with Crippen molar-refractivity contribution >= 4 is 0 Å². The van der Waals surface area contributed by atoms with E-state index < -0.39 is 0 Å². The van der Waals surface area contributed by atoms with Crippen molar-refractivity contribution in [2.75, 3.05) is 0 Å². The third-order valence-electron chi connectivity index (χ3n) is 5.18. The average molecular weight is 233 g/mol. The first-order chi connectivity index (χ1) is 8.24. The van der Waals surface area contributed by atoms with E-state index in [1.165, 1.54) is 32.1 Å². The lowest BCUT2D eigenvalue weighted by Crippen LogP contribution is -2.43. The van der Waals surface area contributed by atoms with E-state index in [9.17, 15) is 0 Å². The Morgan fingerprint density at radius 3 is 2.71 bits per heavy atom. The van der Waals surface area contributed by atoms with Crippen molar-refractivity contribution in [2.24, 2.45) is 17.6 Å². The van der Waals surface area contributed by atoms with Gasteiger partial charge >= 0.3 is 0 Å². The van der Waals surface area contributed by atoms with Gasteiger partial charge in [0.2, 0.25) is 5.89 Å². The molecule has 3 fully saturated rings. The van der Waals surface area contributed by atoms with Crippen LogP contribution in [0, 0.1) is 11.8 Å². The molecule has 0 aliphatic heterocycles. The standard InChI is InChI=1S/C13H19N3O/c14-13(4-1-5-13)12-15-11(16-17-12)10-7-8-2-3-9(10)6-8/h8-10H,1-7,14H2. The molecule has 4 heteroatoms. The molecule has 0 spiro atoms. The smallest absolute Gasteiger partial charge is 0.246 e. The van der Waals surface area contributed by atoms with Crippen LogP contribution in [0.25, 0.3) is 0 Å². The van der Waals surface area contributed by atoms with E-state index in [-0.39, 0.29) is 5.54 Å². The van der Waals surface area contributed by atoms with Crippen LogP contribution in [0.1, 0.15) is 62.6 Å². The molecule has 0 saturated heterocycles. The summed E-state index contributed by atoms with van der Waals surface area (Å²) in [4.78, 5) is 4.60. The van der Waals surface area contributed by atoms with E-state index in [2.05, 4.69) is 10.1 Å². The van der Waals surface area contributed by atoms with E-state index in [0.29, 0.717) is 11.8 Å². The van der Waals surface area contributed by atoms with Gasteiger partial charge in [-0.1, -0.05) is 11.6 Å². The molecule has 0 aromatic carbocycles. The summed E-state index contributed by atoms with van der Waals surface area (Å²) >= 11 is 0. The molecule has 3 aliphatic carbocycles. The topological polar surface area (TPSA) is 64.9 Å². The lowest BCUT2D eigenvalue weighted by Gasteiger charge is -2.33. The third kappa shape index (κ3) is 1.39. The Morgan fingerprint density at radius 2 is 2.12 bits per heavy atom. The molecule has 4 nitrogen and oxygen atoms in total. The highest BCUT2D eigenvalue weighted by Crippen LogP contribution is 2.52. The lowest BCUT2D eigenvalue weighted by atomic mass is 9.77. The predicted molar refractivity (Wildman–Crippen MR) is 62.2 cm³/mol. The molecule has 0 amide bonds. The number of nitrogens with zero attached hydrogens (tertiary/aromatic N) is 2. The van der Waals surface area contributed by atoms with Crippen LogP contribution >= 0.6 is 0 Å². The van der Waals surface area contributed by atoms with Gasteiger partial charge < -0.3 is 10.3 Å². The molecule has 2 bridgehead atoms. The fourth-order valence-corrected chi connectivity index (χ4v) is 3.92. The Bertz CT molecular complexity index is 438. The van der Waals surface area contributed by atoms with Gasteiger partial charge in [-0.25, -0.2) is 0 Å². The van der Waals surface area contributed by atoms with Crippen LogP contribution in [-0.2, 0) is 5.54 Å². The molecule has 3 saturated carbocycles. The summed E-state index contributed by atoms with van der Waals surface area (Å²) in [5.74, 6) is 3.89. The molecule has 4 rings (SSSR count). The maximum atomic E-state index is 6.22. The highest BCUT2D eigenvalue weighted by Gasteiger charge is 2.44. The molecule has 3 aliphatic rings. The zero-order valence-corrected chi connectivity index (χ0v) is 10.1. The summed E-state index contributed by atoms with van der Waals surface area (Å²) in [5, 5.41) is 4.20.